The molecule has 1 atom stereocenters. The second-order valence-electron chi connectivity index (χ2n) is 6.25. The van der Waals surface area contributed by atoms with Gasteiger partial charge in [-0.3, -0.25) is 0 Å². The molecule has 1 aliphatic rings. The van der Waals surface area contributed by atoms with Crippen LogP contribution in [0.4, 0.5) is 0 Å². The van der Waals surface area contributed by atoms with Crippen molar-refractivity contribution in [1.82, 2.24) is 0 Å². The largest absolute Gasteiger partial charge is 0.0616 e. The third-order valence-corrected chi connectivity index (χ3v) is 4.79. The van der Waals surface area contributed by atoms with Gasteiger partial charge in [0.05, 0.1) is 0 Å². The van der Waals surface area contributed by atoms with Crippen LogP contribution in [0.5, 0.6) is 0 Å². The zero-order valence-electron chi connectivity index (χ0n) is 12.5. The van der Waals surface area contributed by atoms with E-state index in [1.165, 1.54) is 41.2 Å². The Labute approximate surface area is 126 Å². The van der Waals surface area contributed by atoms with E-state index in [0.29, 0.717) is 5.92 Å². The fourth-order valence-corrected chi connectivity index (χ4v) is 3.71. The molecule has 0 amide bonds. The summed E-state index contributed by atoms with van der Waals surface area (Å²) in [5.41, 5.74) is 5.95. The van der Waals surface area contributed by atoms with Crippen LogP contribution in [0.25, 0.3) is 10.8 Å². The van der Waals surface area contributed by atoms with Crippen LogP contribution in [-0.4, -0.2) is 0 Å². The molecule has 21 heavy (non-hydrogen) atoms. The lowest BCUT2D eigenvalue weighted by atomic mass is 9.78. The maximum Gasteiger partial charge on any atom is 0.00924 e. The van der Waals surface area contributed by atoms with Crippen LogP contribution in [0.15, 0.2) is 60.7 Å². The van der Waals surface area contributed by atoms with Crippen LogP contribution in [0.1, 0.15) is 41.0 Å². The van der Waals surface area contributed by atoms with Crippen LogP contribution >= 0.6 is 0 Å². The van der Waals surface area contributed by atoms with E-state index in [9.17, 15) is 0 Å². The van der Waals surface area contributed by atoms with Crippen LogP contribution < -0.4 is 0 Å². The Balaban J connectivity index is 1.82. The summed E-state index contributed by atoms with van der Waals surface area (Å²) in [6, 6.07) is 22.6. The Morgan fingerprint density at radius 2 is 1.71 bits per heavy atom. The van der Waals surface area contributed by atoms with Gasteiger partial charge in [0.15, 0.2) is 0 Å². The highest BCUT2D eigenvalue weighted by Crippen LogP contribution is 2.37. The molecule has 3 aromatic rings. The quantitative estimate of drug-likeness (QED) is 0.539. The van der Waals surface area contributed by atoms with Gasteiger partial charge in [-0.25, -0.2) is 0 Å². The molecule has 0 heteroatoms. The van der Waals surface area contributed by atoms with Crippen LogP contribution in [0.3, 0.4) is 0 Å². The average molecular weight is 272 g/mol. The number of fused-ring (bicyclic) bond motifs is 2. The minimum absolute atomic E-state index is 0.568. The molecule has 0 saturated heterocycles. The zero-order valence-corrected chi connectivity index (χ0v) is 12.5. The van der Waals surface area contributed by atoms with Crippen LogP contribution in [0.2, 0.25) is 0 Å². The fraction of sp³-hybridized carbons (Fsp3) is 0.238. The van der Waals surface area contributed by atoms with Crippen LogP contribution in [-0.2, 0) is 6.42 Å². The van der Waals surface area contributed by atoms with E-state index in [1.54, 1.807) is 11.1 Å². The van der Waals surface area contributed by atoms with Gasteiger partial charge >= 0.3 is 0 Å². The highest BCUT2D eigenvalue weighted by atomic mass is 14.3. The minimum Gasteiger partial charge on any atom is -0.0616 e. The molecule has 0 nitrogen and oxygen atoms in total. The number of hydrogen-bond acceptors (Lipinski definition) is 0. The molecule has 0 radical (unpaired) electrons. The molecule has 0 saturated carbocycles. The summed E-state index contributed by atoms with van der Waals surface area (Å²) in [6.45, 7) is 2.19. The monoisotopic (exact) mass is 272 g/mol. The van der Waals surface area contributed by atoms with Gasteiger partial charge in [-0.1, -0.05) is 66.2 Å². The summed E-state index contributed by atoms with van der Waals surface area (Å²) in [6.07, 6.45) is 3.81. The molecule has 0 aromatic heterocycles. The summed E-state index contributed by atoms with van der Waals surface area (Å²) in [5.74, 6) is 0.568. The van der Waals surface area contributed by atoms with Gasteiger partial charge in [-0.15, -0.1) is 0 Å². The summed E-state index contributed by atoms with van der Waals surface area (Å²) >= 11 is 0. The molecule has 0 heterocycles. The Kier molecular flexibility index (Phi) is 3.03. The molecule has 0 aliphatic heterocycles. The predicted octanol–water partition coefficient (Wildman–Crippen LogP) is 5.62. The number of rotatable bonds is 1. The van der Waals surface area contributed by atoms with Crippen molar-refractivity contribution in [2.75, 3.05) is 0 Å². The third-order valence-electron chi connectivity index (χ3n) is 4.79. The molecule has 0 fully saturated rings. The van der Waals surface area contributed by atoms with Gasteiger partial charge in [0, 0.05) is 5.92 Å². The first kappa shape index (κ1) is 12.6. The first-order valence-corrected chi connectivity index (χ1v) is 7.89. The molecule has 0 bridgehead atoms. The molecule has 0 N–H and O–H groups in total. The highest BCUT2D eigenvalue weighted by Gasteiger charge is 2.21. The smallest absolute Gasteiger partial charge is 0.00924 e. The SMILES string of the molecule is Cc1ccc2c(c1)CCCC2c1ccc2ccccc2c1. The third kappa shape index (κ3) is 2.25. The highest BCUT2D eigenvalue weighted by molar-refractivity contribution is 5.83. The zero-order chi connectivity index (χ0) is 14.2. The van der Waals surface area contributed by atoms with Gasteiger partial charge in [0.25, 0.3) is 0 Å². The lowest BCUT2D eigenvalue weighted by molar-refractivity contribution is 0.616. The normalized spacial score (nSPS) is 17.7. The fourth-order valence-electron chi connectivity index (χ4n) is 3.71. The lowest BCUT2D eigenvalue weighted by Crippen LogP contribution is -2.11. The van der Waals surface area contributed by atoms with Crippen molar-refractivity contribution in [3.05, 3.63) is 82.9 Å². The standard InChI is InChI=1S/C21H20/c1-15-9-12-21-18(13-15)7-4-8-20(21)19-11-10-16-5-2-3-6-17(16)14-19/h2-3,5-6,9-14,20H,4,7-8H2,1H3. The van der Waals surface area contributed by atoms with E-state index >= 15 is 0 Å². The summed E-state index contributed by atoms with van der Waals surface area (Å²) < 4.78 is 0. The van der Waals surface area contributed by atoms with Crippen molar-refractivity contribution in [2.24, 2.45) is 0 Å². The van der Waals surface area contributed by atoms with E-state index in [0.717, 1.165) is 0 Å². The van der Waals surface area contributed by atoms with Crippen molar-refractivity contribution < 1.29 is 0 Å². The number of benzene rings is 3. The molecular formula is C21H20. The Morgan fingerprint density at radius 3 is 2.62 bits per heavy atom. The van der Waals surface area contributed by atoms with Crippen molar-refractivity contribution in [2.45, 2.75) is 32.1 Å². The van der Waals surface area contributed by atoms with Crippen LogP contribution in [0, 0.1) is 6.92 Å². The Bertz CT molecular complexity index is 798. The molecule has 4 rings (SSSR count). The summed E-state index contributed by atoms with van der Waals surface area (Å²) in [7, 11) is 0. The van der Waals surface area contributed by atoms with E-state index in [1.807, 2.05) is 0 Å². The van der Waals surface area contributed by atoms with Crippen molar-refractivity contribution >= 4 is 10.8 Å². The number of aryl methyl sites for hydroxylation is 2. The molecule has 104 valence electrons. The average Bonchev–Trinajstić information content (AvgIpc) is 2.53. The van der Waals surface area contributed by atoms with Crippen molar-refractivity contribution in [1.29, 1.82) is 0 Å². The van der Waals surface area contributed by atoms with E-state index in [2.05, 4.69) is 67.6 Å². The van der Waals surface area contributed by atoms with Gasteiger partial charge in [0.2, 0.25) is 0 Å². The first-order chi connectivity index (χ1) is 10.3. The maximum atomic E-state index is 2.38. The summed E-state index contributed by atoms with van der Waals surface area (Å²) in [4.78, 5) is 0. The van der Waals surface area contributed by atoms with Gasteiger partial charge in [-0.05, 0) is 53.6 Å². The van der Waals surface area contributed by atoms with Gasteiger partial charge < -0.3 is 0 Å². The maximum absolute atomic E-state index is 2.38. The Morgan fingerprint density at radius 1 is 0.857 bits per heavy atom. The van der Waals surface area contributed by atoms with Crippen molar-refractivity contribution in [3.63, 3.8) is 0 Å². The van der Waals surface area contributed by atoms with E-state index < -0.39 is 0 Å². The summed E-state index contributed by atoms with van der Waals surface area (Å²) in [5, 5.41) is 2.69. The molecule has 0 spiro atoms. The van der Waals surface area contributed by atoms with E-state index in [4.69, 9.17) is 0 Å². The Hall–Kier alpha value is -2.08. The molecule has 3 aromatic carbocycles. The topological polar surface area (TPSA) is 0 Å². The number of hydrogen-bond donors (Lipinski definition) is 0. The van der Waals surface area contributed by atoms with Crippen molar-refractivity contribution in [3.8, 4) is 0 Å². The van der Waals surface area contributed by atoms with Gasteiger partial charge in [-0.2, -0.15) is 0 Å². The van der Waals surface area contributed by atoms with E-state index in [-0.39, 0.29) is 0 Å². The predicted molar refractivity (Wildman–Crippen MR) is 89.9 cm³/mol. The second kappa shape index (κ2) is 5.04. The molecular weight excluding hydrogens is 252 g/mol. The lowest BCUT2D eigenvalue weighted by Gasteiger charge is -2.26. The minimum atomic E-state index is 0.568. The second-order valence-corrected chi connectivity index (χ2v) is 6.25. The molecule has 1 aliphatic carbocycles. The first-order valence-electron chi connectivity index (χ1n) is 7.89. The molecule has 1 unspecified atom stereocenters. The van der Waals surface area contributed by atoms with Gasteiger partial charge in [0.1, 0.15) is 0 Å².